The molecule has 1 fully saturated rings. The van der Waals surface area contributed by atoms with Crippen LogP contribution in [0.4, 0.5) is 0 Å². The Hall–Kier alpha value is -3.02. The standard InChI is InChI=1S/C26H29N3O3/c1-16(2)29-24-22(15-27-29)13-26(14-23(24)31)6-8-28(9-7-26)25(32)19-5-4-18-10-20(17(3)30)12-21(18)11-19/h4-5,11-12,15-16H,6-10,13-14H2,1-3H3. The minimum atomic E-state index is -0.0667. The minimum Gasteiger partial charge on any atom is -0.339 e. The molecule has 0 unspecified atom stereocenters. The van der Waals surface area contributed by atoms with E-state index in [1.54, 1.807) is 6.92 Å². The van der Waals surface area contributed by atoms with Crippen LogP contribution in [0.25, 0.3) is 6.08 Å². The molecule has 0 radical (unpaired) electrons. The number of allylic oxidation sites excluding steroid dienone is 1. The lowest BCUT2D eigenvalue weighted by molar-refractivity contribution is -0.113. The normalized spacial score (nSPS) is 19.2. The lowest BCUT2D eigenvalue weighted by Gasteiger charge is -2.43. The van der Waals surface area contributed by atoms with Crippen LogP contribution in [0.5, 0.6) is 0 Å². The molecular formula is C26H29N3O3. The summed E-state index contributed by atoms with van der Waals surface area (Å²) in [6, 6.07) is 5.92. The third-order valence-corrected chi connectivity index (χ3v) is 7.39. The second-order valence-electron chi connectivity index (χ2n) is 9.94. The zero-order chi connectivity index (χ0) is 22.6. The summed E-state index contributed by atoms with van der Waals surface area (Å²) in [7, 11) is 0. The molecule has 0 bridgehead atoms. The first-order chi connectivity index (χ1) is 15.3. The Bertz CT molecular complexity index is 1160. The third-order valence-electron chi connectivity index (χ3n) is 7.39. The van der Waals surface area contributed by atoms with Crippen molar-refractivity contribution in [1.82, 2.24) is 14.7 Å². The number of amides is 1. The van der Waals surface area contributed by atoms with Crippen molar-refractivity contribution in [3.05, 3.63) is 57.9 Å². The fourth-order valence-electron chi connectivity index (χ4n) is 5.53. The van der Waals surface area contributed by atoms with Gasteiger partial charge in [-0.3, -0.25) is 19.1 Å². The van der Waals surface area contributed by atoms with E-state index in [0.29, 0.717) is 31.5 Å². The molecule has 6 heteroatoms. The van der Waals surface area contributed by atoms with Crippen LogP contribution in [0.2, 0.25) is 0 Å². The second kappa shape index (κ2) is 7.54. The summed E-state index contributed by atoms with van der Waals surface area (Å²) in [5.41, 5.74) is 5.31. The highest BCUT2D eigenvalue weighted by molar-refractivity contribution is 6.01. The molecule has 1 saturated heterocycles. The van der Waals surface area contributed by atoms with Crippen LogP contribution < -0.4 is 0 Å². The molecule has 1 aromatic carbocycles. The van der Waals surface area contributed by atoms with E-state index in [9.17, 15) is 14.4 Å². The van der Waals surface area contributed by atoms with Crippen LogP contribution in [0.1, 0.15) is 83.6 Å². The summed E-state index contributed by atoms with van der Waals surface area (Å²) in [5.74, 6) is 0.297. The SMILES string of the molecule is CC(=O)C1=Cc2cc(C(=O)N3CCC4(CC3)CC(=O)c3c(cnn3C(C)C)C4)ccc2C1. The summed E-state index contributed by atoms with van der Waals surface area (Å²) in [4.78, 5) is 39.8. The fraction of sp³-hybridized carbons (Fsp3) is 0.462. The van der Waals surface area contributed by atoms with Gasteiger partial charge in [-0.2, -0.15) is 5.10 Å². The summed E-state index contributed by atoms with van der Waals surface area (Å²) in [6.07, 6.45) is 7.47. The molecule has 0 atom stereocenters. The summed E-state index contributed by atoms with van der Waals surface area (Å²) >= 11 is 0. The number of hydrogen-bond donors (Lipinski definition) is 0. The molecule has 1 spiro atoms. The van der Waals surface area contributed by atoms with Gasteiger partial charge in [-0.15, -0.1) is 0 Å². The van der Waals surface area contributed by atoms with Gasteiger partial charge in [0.15, 0.2) is 11.6 Å². The zero-order valence-corrected chi connectivity index (χ0v) is 19.0. The monoisotopic (exact) mass is 431 g/mol. The summed E-state index contributed by atoms with van der Waals surface area (Å²) < 4.78 is 1.85. The smallest absolute Gasteiger partial charge is 0.253 e. The van der Waals surface area contributed by atoms with Gasteiger partial charge in [0, 0.05) is 43.1 Å². The molecule has 0 N–H and O–H groups in total. The number of rotatable bonds is 3. The maximum atomic E-state index is 13.2. The van der Waals surface area contributed by atoms with Gasteiger partial charge in [-0.05, 0) is 80.4 Å². The molecule has 3 aliphatic rings. The van der Waals surface area contributed by atoms with E-state index in [1.165, 1.54) is 0 Å². The van der Waals surface area contributed by atoms with E-state index in [0.717, 1.165) is 47.2 Å². The maximum Gasteiger partial charge on any atom is 0.253 e. The molecule has 0 saturated carbocycles. The van der Waals surface area contributed by atoms with Gasteiger partial charge >= 0.3 is 0 Å². The number of likely N-dealkylation sites (tertiary alicyclic amines) is 1. The largest absolute Gasteiger partial charge is 0.339 e. The van der Waals surface area contributed by atoms with E-state index in [1.807, 2.05) is 53.9 Å². The van der Waals surface area contributed by atoms with Crippen molar-refractivity contribution in [3.63, 3.8) is 0 Å². The zero-order valence-electron chi connectivity index (χ0n) is 19.0. The topological polar surface area (TPSA) is 72.3 Å². The highest BCUT2D eigenvalue weighted by Gasteiger charge is 2.43. The number of fused-ring (bicyclic) bond motifs is 2. The number of carbonyl (C=O) groups excluding carboxylic acids is 3. The Balaban J connectivity index is 1.29. The quantitative estimate of drug-likeness (QED) is 0.735. The number of benzene rings is 1. The third kappa shape index (κ3) is 3.42. The number of aromatic nitrogens is 2. The minimum absolute atomic E-state index is 0.0303. The van der Waals surface area contributed by atoms with Crippen LogP contribution in [-0.4, -0.2) is 45.2 Å². The van der Waals surface area contributed by atoms with Gasteiger partial charge in [0.2, 0.25) is 0 Å². The average Bonchev–Trinajstić information content (AvgIpc) is 3.37. The van der Waals surface area contributed by atoms with Gasteiger partial charge < -0.3 is 4.90 Å². The second-order valence-corrected chi connectivity index (χ2v) is 9.94. The predicted molar refractivity (Wildman–Crippen MR) is 122 cm³/mol. The predicted octanol–water partition coefficient (Wildman–Crippen LogP) is 4.04. The molecule has 2 heterocycles. The molecule has 32 heavy (non-hydrogen) atoms. The van der Waals surface area contributed by atoms with Crippen LogP contribution in [0, 0.1) is 5.41 Å². The van der Waals surface area contributed by atoms with Crippen LogP contribution in [0.3, 0.4) is 0 Å². The van der Waals surface area contributed by atoms with Crippen molar-refractivity contribution in [3.8, 4) is 0 Å². The van der Waals surface area contributed by atoms with Gasteiger partial charge in [0.05, 0.1) is 6.20 Å². The van der Waals surface area contributed by atoms with E-state index in [-0.39, 0.29) is 28.9 Å². The van der Waals surface area contributed by atoms with Crippen molar-refractivity contribution in [2.24, 2.45) is 5.41 Å². The number of hydrogen-bond acceptors (Lipinski definition) is 4. The number of piperidine rings is 1. The molecule has 1 aromatic heterocycles. The Labute approximate surface area is 188 Å². The Kier molecular flexibility index (Phi) is 4.91. The highest BCUT2D eigenvalue weighted by atomic mass is 16.2. The number of carbonyl (C=O) groups is 3. The fourth-order valence-corrected chi connectivity index (χ4v) is 5.53. The average molecular weight is 432 g/mol. The van der Waals surface area contributed by atoms with Gasteiger partial charge in [0.25, 0.3) is 5.91 Å². The first-order valence-corrected chi connectivity index (χ1v) is 11.5. The number of nitrogens with zero attached hydrogens (tertiary/aromatic N) is 3. The van der Waals surface area contributed by atoms with E-state index < -0.39 is 0 Å². The maximum absolute atomic E-state index is 13.2. The molecule has 2 aliphatic carbocycles. The first kappa shape index (κ1) is 20.9. The number of Topliss-reactive ketones (excluding diaryl/α,β-unsaturated/α-hetero) is 2. The molecule has 1 aliphatic heterocycles. The molecule has 166 valence electrons. The molecule has 1 amide bonds. The molecule has 6 nitrogen and oxygen atoms in total. The van der Waals surface area contributed by atoms with Gasteiger partial charge in [0.1, 0.15) is 5.69 Å². The molecular weight excluding hydrogens is 402 g/mol. The Morgan fingerprint density at radius 1 is 1.09 bits per heavy atom. The van der Waals surface area contributed by atoms with E-state index >= 15 is 0 Å². The lowest BCUT2D eigenvalue weighted by Crippen LogP contribution is -2.46. The van der Waals surface area contributed by atoms with Gasteiger partial charge in [-0.25, -0.2) is 0 Å². The van der Waals surface area contributed by atoms with Crippen LogP contribution in [-0.2, 0) is 17.6 Å². The van der Waals surface area contributed by atoms with Crippen LogP contribution >= 0.6 is 0 Å². The van der Waals surface area contributed by atoms with Crippen molar-refractivity contribution in [2.75, 3.05) is 13.1 Å². The van der Waals surface area contributed by atoms with Crippen molar-refractivity contribution >= 4 is 23.5 Å². The highest BCUT2D eigenvalue weighted by Crippen LogP contribution is 2.44. The van der Waals surface area contributed by atoms with Crippen molar-refractivity contribution in [2.45, 2.75) is 58.9 Å². The Morgan fingerprint density at radius 2 is 1.84 bits per heavy atom. The van der Waals surface area contributed by atoms with Crippen molar-refractivity contribution in [1.29, 1.82) is 0 Å². The first-order valence-electron chi connectivity index (χ1n) is 11.5. The van der Waals surface area contributed by atoms with Gasteiger partial charge in [-0.1, -0.05) is 6.07 Å². The lowest BCUT2D eigenvalue weighted by atomic mass is 9.67. The van der Waals surface area contributed by atoms with Crippen molar-refractivity contribution < 1.29 is 14.4 Å². The van der Waals surface area contributed by atoms with E-state index in [2.05, 4.69) is 5.10 Å². The summed E-state index contributed by atoms with van der Waals surface area (Å²) in [6.45, 7) is 6.99. The Morgan fingerprint density at radius 3 is 2.53 bits per heavy atom. The van der Waals surface area contributed by atoms with E-state index in [4.69, 9.17) is 0 Å². The molecule has 5 rings (SSSR count). The molecule has 2 aromatic rings. The summed E-state index contributed by atoms with van der Waals surface area (Å²) in [5, 5.41) is 4.46. The number of ketones is 2. The van der Waals surface area contributed by atoms with Crippen LogP contribution in [0.15, 0.2) is 30.0 Å².